The lowest BCUT2D eigenvalue weighted by molar-refractivity contribution is 0.0596. The van der Waals surface area contributed by atoms with E-state index < -0.39 is 26.7 Å². The molecule has 1 saturated heterocycles. The van der Waals surface area contributed by atoms with Crippen molar-refractivity contribution in [1.82, 2.24) is 10.0 Å². The Bertz CT molecular complexity index is 663. The van der Waals surface area contributed by atoms with Crippen LogP contribution in [0.1, 0.15) is 29.6 Å². The molecule has 136 valence electrons. The summed E-state index contributed by atoms with van der Waals surface area (Å²) in [6.45, 7) is 2.11. The molecule has 1 atom stereocenters. The molecule has 2 N–H and O–H groups in total. The number of nitrogens with one attached hydrogen (secondary N) is 2. The Hall–Kier alpha value is -1.22. The van der Waals surface area contributed by atoms with Gasteiger partial charge < -0.3 is 10.1 Å². The summed E-state index contributed by atoms with van der Waals surface area (Å²) in [6, 6.07) is 2.97. The third-order valence-electron chi connectivity index (χ3n) is 3.88. The van der Waals surface area contributed by atoms with E-state index in [-0.39, 0.29) is 24.5 Å². The lowest BCUT2D eigenvalue weighted by Crippen LogP contribution is -2.33. The van der Waals surface area contributed by atoms with E-state index in [0.29, 0.717) is 12.3 Å². The van der Waals surface area contributed by atoms with Crippen molar-refractivity contribution in [2.75, 3.05) is 26.7 Å². The van der Waals surface area contributed by atoms with Gasteiger partial charge >= 0.3 is 5.97 Å². The largest absolute Gasteiger partial charge is 0.465 e. The van der Waals surface area contributed by atoms with E-state index in [1.807, 2.05) is 0 Å². The molecule has 2 rings (SSSR count). The second-order valence-corrected chi connectivity index (χ2v) is 7.27. The second kappa shape index (κ2) is 9.31. The van der Waals surface area contributed by atoms with Crippen molar-refractivity contribution in [1.29, 1.82) is 0 Å². The number of halogens is 2. The van der Waals surface area contributed by atoms with Gasteiger partial charge in [-0.25, -0.2) is 22.3 Å². The Kier molecular flexibility index (Phi) is 8.08. The van der Waals surface area contributed by atoms with Crippen LogP contribution in [0, 0.1) is 11.7 Å². The molecular weight excluding hydrogens is 359 g/mol. The van der Waals surface area contributed by atoms with Gasteiger partial charge in [-0.2, -0.15) is 0 Å². The molecular formula is C15H22ClFN2O4S. The van der Waals surface area contributed by atoms with Gasteiger partial charge in [-0.1, -0.05) is 0 Å². The molecule has 0 bridgehead atoms. The number of methoxy groups -OCH3 is 1. The fraction of sp³-hybridized carbons (Fsp3) is 0.533. The monoisotopic (exact) mass is 380 g/mol. The van der Waals surface area contributed by atoms with Crippen molar-refractivity contribution in [3.05, 3.63) is 29.6 Å². The van der Waals surface area contributed by atoms with Gasteiger partial charge in [0.1, 0.15) is 5.82 Å². The van der Waals surface area contributed by atoms with Crippen LogP contribution >= 0.6 is 12.4 Å². The smallest absolute Gasteiger partial charge is 0.339 e. The number of carbonyl (C=O) groups excluding carboxylic acids is 1. The third-order valence-corrected chi connectivity index (χ3v) is 5.38. The zero-order valence-corrected chi connectivity index (χ0v) is 15.0. The van der Waals surface area contributed by atoms with Crippen LogP contribution in [0.2, 0.25) is 0 Å². The molecule has 0 amide bonds. The summed E-state index contributed by atoms with van der Waals surface area (Å²) in [5, 5.41) is 3.27. The number of carbonyl (C=O) groups is 1. The summed E-state index contributed by atoms with van der Waals surface area (Å²) >= 11 is 0. The maximum absolute atomic E-state index is 13.4. The van der Waals surface area contributed by atoms with Gasteiger partial charge in [0.25, 0.3) is 0 Å². The number of hydrogen-bond donors (Lipinski definition) is 2. The van der Waals surface area contributed by atoms with Gasteiger partial charge in [0.2, 0.25) is 10.0 Å². The highest BCUT2D eigenvalue weighted by Crippen LogP contribution is 2.19. The van der Waals surface area contributed by atoms with Crippen LogP contribution in [0.4, 0.5) is 4.39 Å². The molecule has 1 heterocycles. The first-order valence-corrected chi connectivity index (χ1v) is 9.00. The first-order valence-electron chi connectivity index (χ1n) is 7.52. The molecule has 24 heavy (non-hydrogen) atoms. The van der Waals surface area contributed by atoms with Crippen LogP contribution in [0.5, 0.6) is 0 Å². The van der Waals surface area contributed by atoms with Gasteiger partial charge in [-0.05, 0) is 56.5 Å². The molecule has 1 aliphatic rings. The van der Waals surface area contributed by atoms with Crippen molar-refractivity contribution in [2.45, 2.75) is 24.2 Å². The summed E-state index contributed by atoms with van der Waals surface area (Å²) in [7, 11) is -2.84. The molecule has 0 aromatic heterocycles. The van der Waals surface area contributed by atoms with Gasteiger partial charge in [-0.15, -0.1) is 12.4 Å². The van der Waals surface area contributed by atoms with Crippen molar-refractivity contribution in [3.8, 4) is 0 Å². The highest BCUT2D eigenvalue weighted by atomic mass is 35.5. The van der Waals surface area contributed by atoms with E-state index in [1.165, 1.54) is 0 Å². The van der Waals surface area contributed by atoms with Gasteiger partial charge in [0.15, 0.2) is 0 Å². The highest BCUT2D eigenvalue weighted by molar-refractivity contribution is 7.89. The number of piperidine rings is 1. The van der Waals surface area contributed by atoms with Gasteiger partial charge in [0, 0.05) is 6.54 Å². The summed E-state index contributed by atoms with van der Waals surface area (Å²) in [5.74, 6) is -1.13. The molecule has 6 nitrogen and oxygen atoms in total. The molecule has 9 heteroatoms. The van der Waals surface area contributed by atoms with Gasteiger partial charge in [0.05, 0.1) is 17.6 Å². The number of ether oxygens (including phenoxy) is 1. The standard InChI is InChI=1S/C15H21FN2O4S.ClH/c1-22-15(19)13-5-4-12(16)9-14(13)23(20,21)18-8-6-11-3-2-7-17-10-11;/h4-5,9,11,17-18H,2-3,6-8,10H2,1H3;1H. The Labute approximate surface area is 147 Å². The minimum atomic E-state index is -3.98. The van der Waals surface area contributed by atoms with Crippen LogP contribution in [0.3, 0.4) is 0 Å². The van der Waals surface area contributed by atoms with Crippen molar-refractivity contribution in [2.24, 2.45) is 5.92 Å². The molecule has 0 radical (unpaired) electrons. The summed E-state index contributed by atoms with van der Waals surface area (Å²) in [6.07, 6.45) is 2.82. The number of sulfonamides is 1. The van der Waals surface area contributed by atoms with E-state index in [0.717, 1.165) is 51.2 Å². The Morgan fingerprint density at radius 3 is 2.83 bits per heavy atom. The predicted molar refractivity (Wildman–Crippen MR) is 90.4 cm³/mol. The van der Waals surface area contributed by atoms with E-state index in [2.05, 4.69) is 14.8 Å². The number of hydrogen-bond acceptors (Lipinski definition) is 5. The Morgan fingerprint density at radius 2 is 2.21 bits per heavy atom. The SMILES string of the molecule is COC(=O)c1ccc(F)cc1S(=O)(=O)NCCC1CCCNC1.Cl. The molecule has 0 spiro atoms. The highest BCUT2D eigenvalue weighted by Gasteiger charge is 2.24. The molecule has 1 fully saturated rings. The maximum Gasteiger partial charge on any atom is 0.339 e. The van der Waals surface area contributed by atoms with E-state index in [1.54, 1.807) is 0 Å². The van der Waals surface area contributed by atoms with Crippen LogP contribution < -0.4 is 10.0 Å². The minimum absolute atomic E-state index is 0. The Morgan fingerprint density at radius 1 is 1.46 bits per heavy atom. The molecule has 1 unspecified atom stereocenters. The molecule has 1 aromatic rings. The van der Waals surface area contributed by atoms with Crippen LogP contribution in [-0.2, 0) is 14.8 Å². The van der Waals surface area contributed by atoms with Crippen LogP contribution in [0.15, 0.2) is 23.1 Å². The summed E-state index contributed by atoms with van der Waals surface area (Å²) in [5.41, 5.74) is -0.180. The number of benzene rings is 1. The first kappa shape index (κ1) is 20.8. The normalized spacial score (nSPS) is 17.8. The summed E-state index contributed by atoms with van der Waals surface area (Å²) in [4.78, 5) is 11.3. The van der Waals surface area contributed by atoms with Crippen LogP contribution in [-0.4, -0.2) is 41.1 Å². The van der Waals surface area contributed by atoms with Crippen LogP contribution in [0.25, 0.3) is 0 Å². The van der Waals surface area contributed by atoms with Crippen molar-refractivity contribution < 1.29 is 22.3 Å². The summed E-state index contributed by atoms with van der Waals surface area (Å²) < 4.78 is 45.1. The lowest BCUT2D eigenvalue weighted by atomic mass is 9.96. The third kappa shape index (κ3) is 5.41. The van der Waals surface area contributed by atoms with Gasteiger partial charge in [-0.3, -0.25) is 0 Å². The lowest BCUT2D eigenvalue weighted by Gasteiger charge is -2.22. The van der Waals surface area contributed by atoms with Crippen molar-refractivity contribution >= 4 is 28.4 Å². The molecule has 1 aliphatic heterocycles. The number of esters is 1. The zero-order valence-electron chi connectivity index (χ0n) is 13.4. The fourth-order valence-corrected chi connectivity index (χ4v) is 3.89. The average molecular weight is 381 g/mol. The molecule has 0 aliphatic carbocycles. The quantitative estimate of drug-likeness (QED) is 0.734. The molecule has 1 aromatic carbocycles. The second-order valence-electron chi connectivity index (χ2n) is 5.53. The average Bonchev–Trinajstić information content (AvgIpc) is 2.55. The first-order chi connectivity index (χ1) is 10.9. The van der Waals surface area contributed by atoms with E-state index in [9.17, 15) is 17.6 Å². The Balaban J connectivity index is 0.00000288. The minimum Gasteiger partial charge on any atom is -0.465 e. The van der Waals surface area contributed by atoms with Crippen molar-refractivity contribution in [3.63, 3.8) is 0 Å². The molecule has 0 saturated carbocycles. The van der Waals surface area contributed by atoms with E-state index >= 15 is 0 Å². The predicted octanol–water partition coefficient (Wildman–Crippen LogP) is 1.70. The van der Waals surface area contributed by atoms with E-state index in [4.69, 9.17) is 0 Å². The zero-order chi connectivity index (χ0) is 16.9. The maximum atomic E-state index is 13.4. The fourth-order valence-electron chi connectivity index (χ4n) is 2.64. The topological polar surface area (TPSA) is 84.5 Å². The number of rotatable bonds is 6.